The molecule has 1 heterocycles. The molecule has 2 aromatic rings. The van der Waals surface area contributed by atoms with Gasteiger partial charge in [0.05, 0.1) is 0 Å². The highest BCUT2D eigenvalue weighted by molar-refractivity contribution is 6.28. The molecule has 16 heavy (non-hydrogen) atoms. The van der Waals surface area contributed by atoms with Crippen LogP contribution in [-0.2, 0) is 5.54 Å². The van der Waals surface area contributed by atoms with Gasteiger partial charge in [-0.25, -0.2) is 0 Å². The summed E-state index contributed by atoms with van der Waals surface area (Å²) in [5.74, 6) is 0. The fourth-order valence-corrected chi connectivity index (χ4v) is 2.20. The minimum atomic E-state index is -0.139. The maximum Gasteiger partial charge on any atom is 0.275 e. The molecule has 0 saturated carbocycles. The molecule has 0 bridgehead atoms. The van der Waals surface area contributed by atoms with Gasteiger partial charge < -0.3 is 0 Å². The van der Waals surface area contributed by atoms with E-state index in [9.17, 15) is 0 Å². The SMILES string of the molecule is CC(C)(c1ccccc1)[n+]1ccccc1Cl. The van der Waals surface area contributed by atoms with Crippen LogP contribution in [0, 0.1) is 0 Å². The van der Waals surface area contributed by atoms with Crippen LogP contribution >= 0.6 is 11.6 Å². The van der Waals surface area contributed by atoms with E-state index in [-0.39, 0.29) is 5.54 Å². The number of halogens is 1. The maximum absolute atomic E-state index is 6.22. The Bertz CT molecular complexity index is 477. The first kappa shape index (κ1) is 11.2. The molecule has 0 aliphatic carbocycles. The van der Waals surface area contributed by atoms with Crippen molar-refractivity contribution < 1.29 is 4.57 Å². The Morgan fingerprint density at radius 2 is 1.56 bits per heavy atom. The molecule has 1 aromatic carbocycles. The van der Waals surface area contributed by atoms with E-state index in [4.69, 9.17) is 11.6 Å². The van der Waals surface area contributed by atoms with Gasteiger partial charge in [-0.3, -0.25) is 0 Å². The van der Waals surface area contributed by atoms with Crippen molar-refractivity contribution in [1.29, 1.82) is 0 Å². The number of benzene rings is 1. The lowest BCUT2D eigenvalue weighted by Gasteiger charge is -2.20. The van der Waals surface area contributed by atoms with E-state index < -0.39 is 0 Å². The predicted molar refractivity (Wildman–Crippen MR) is 66.5 cm³/mol. The Labute approximate surface area is 101 Å². The first-order valence-electron chi connectivity index (χ1n) is 5.34. The van der Waals surface area contributed by atoms with Crippen LogP contribution in [0.4, 0.5) is 0 Å². The average molecular weight is 233 g/mol. The number of aromatic nitrogens is 1. The van der Waals surface area contributed by atoms with Crippen molar-refractivity contribution in [3.8, 4) is 0 Å². The van der Waals surface area contributed by atoms with Gasteiger partial charge in [-0.05, 0) is 17.7 Å². The van der Waals surface area contributed by atoms with Crippen LogP contribution in [0.25, 0.3) is 0 Å². The molecule has 0 fully saturated rings. The molecule has 2 rings (SSSR count). The smallest absolute Gasteiger partial charge is 0.180 e. The second kappa shape index (κ2) is 4.26. The summed E-state index contributed by atoms with van der Waals surface area (Å²) in [6, 6.07) is 16.2. The van der Waals surface area contributed by atoms with E-state index in [2.05, 4.69) is 42.7 Å². The van der Waals surface area contributed by atoms with Crippen LogP contribution in [0.2, 0.25) is 5.15 Å². The van der Waals surface area contributed by atoms with Crippen molar-refractivity contribution in [1.82, 2.24) is 0 Å². The lowest BCUT2D eigenvalue weighted by Crippen LogP contribution is -2.53. The van der Waals surface area contributed by atoms with Crippen molar-refractivity contribution in [2.24, 2.45) is 0 Å². The van der Waals surface area contributed by atoms with E-state index in [1.54, 1.807) is 0 Å². The number of rotatable bonds is 2. The maximum atomic E-state index is 6.22. The molecule has 1 nitrogen and oxygen atoms in total. The number of pyridine rings is 1. The molecule has 0 atom stereocenters. The van der Waals surface area contributed by atoms with Crippen LogP contribution in [0.3, 0.4) is 0 Å². The van der Waals surface area contributed by atoms with Gasteiger partial charge in [0, 0.05) is 31.5 Å². The summed E-state index contributed by atoms with van der Waals surface area (Å²) >= 11 is 6.22. The van der Waals surface area contributed by atoms with Gasteiger partial charge in [0.15, 0.2) is 11.7 Å². The largest absolute Gasteiger partial charge is 0.275 e. The zero-order chi connectivity index (χ0) is 11.6. The van der Waals surface area contributed by atoms with E-state index in [1.807, 2.05) is 30.5 Å². The zero-order valence-electron chi connectivity index (χ0n) is 9.52. The van der Waals surface area contributed by atoms with Crippen LogP contribution in [0.5, 0.6) is 0 Å². The highest BCUT2D eigenvalue weighted by Crippen LogP contribution is 2.20. The zero-order valence-corrected chi connectivity index (χ0v) is 10.3. The predicted octanol–water partition coefficient (Wildman–Crippen LogP) is 3.41. The van der Waals surface area contributed by atoms with Gasteiger partial charge in [0.1, 0.15) is 0 Å². The highest BCUT2D eigenvalue weighted by atomic mass is 35.5. The van der Waals surface area contributed by atoms with Crippen LogP contribution < -0.4 is 4.57 Å². The molecule has 0 spiro atoms. The number of nitrogens with zero attached hydrogens (tertiary/aromatic N) is 1. The Kier molecular flexibility index (Phi) is 2.97. The van der Waals surface area contributed by atoms with Crippen LogP contribution in [-0.4, -0.2) is 0 Å². The van der Waals surface area contributed by atoms with Crippen molar-refractivity contribution in [3.63, 3.8) is 0 Å². The second-order valence-electron chi connectivity index (χ2n) is 4.32. The second-order valence-corrected chi connectivity index (χ2v) is 4.71. The molecule has 0 aliphatic rings. The Hall–Kier alpha value is -1.34. The molecular formula is C14H15ClN+. The van der Waals surface area contributed by atoms with Gasteiger partial charge in [-0.1, -0.05) is 30.3 Å². The van der Waals surface area contributed by atoms with Gasteiger partial charge in [-0.2, -0.15) is 4.57 Å². The monoisotopic (exact) mass is 232 g/mol. The van der Waals surface area contributed by atoms with Gasteiger partial charge in [0.25, 0.3) is 5.15 Å². The van der Waals surface area contributed by atoms with E-state index in [0.29, 0.717) is 0 Å². The molecule has 0 amide bonds. The lowest BCUT2D eigenvalue weighted by atomic mass is 9.94. The summed E-state index contributed by atoms with van der Waals surface area (Å²) < 4.78 is 2.07. The first-order valence-corrected chi connectivity index (χ1v) is 5.72. The molecule has 0 saturated heterocycles. The Balaban J connectivity index is 2.51. The summed E-state index contributed by atoms with van der Waals surface area (Å²) in [5, 5.41) is 0.747. The quantitative estimate of drug-likeness (QED) is 0.552. The topological polar surface area (TPSA) is 3.88 Å². The first-order chi connectivity index (χ1) is 7.62. The molecule has 0 unspecified atom stereocenters. The normalized spacial score (nSPS) is 11.4. The standard InChI is InChI=1S/C14H15ClN/c1-14(2,12-8-4-3-5-9-12)16-11-7-6-10-13(16)15/h3-11H,1-2H3/q+1. The van der Waals surface area contributed by atoms with Crippen molar-refractivity contribution >= 4 is 11.6 Å². The summed E-state index contributed by atoms with van der Waals surface area (Å²) in [7, 11) is 0. The van der Waals surface area contributed by atoms with Crippen molar-refractivity contribution in [2.75, 3.05) is 0 Å². The third-order valence-electron chi connectivity index (χ3n) is 2.89. The molecule has 82 valence electrons. The molecule has 1 aromatic heterocycles. The lowest BCUT2D eigenvalue weighted by molar-refractivity contribution is -0.745. The summed E-state index contributed by atoms with van der Waals surface area (Å²) in [6.45, 7) is 4.32. The van der Waals surface area contributed by atoms with E-state index in [1.165, 1.54) is 5.56 Å². The number of hydrogen-bond acceptors (Lipinski definition) is 0. The van der Waals surface area contributed by atoms with Crippen molar-refractivity contribution in [2.45, 2.75) is 19.4 Å². The highest BCUT2D eigenvalue weighted by Gasteiger charge is 2.32. The minimum absolute atomic E-state index is 0.139. The summed E-state index contributed by atoms with van der Waals surface area (Å²) in [5.41, 5.74) is 1.10. The Morgan fingerprint density at radius 1 is 0.938 bits per heavy atom. The summed E-state index contributed by atoms with van der Waals surface area (Å²) in [6.07, 6.45) is 2.01. The molecule has 0 radical (unpaired) electrons. The van der Waals surface area contributed by atoms with E-state index >= 15 is 0 Å². The Morgan fingerprint density at radius 3 is 2.19 bits per heavy atom. The van der Waals surface area contributed by atoms with E-state index in [0.717, 1.165) is 5.15 Å². The van der Waals surface area contributed by atoms with Gasteiger partial charge in [0.2, 0.25) is 0 Å². The number of hydrogen-bond donors (Lipinski definition) is 0. The van der Waals surface area contributed by atoms with Crippen LogP contribution in [0.1, 0.15) is 19.4 Å². The van der Waals surface area contributed by atoms with Gasteiger partial charge in [-0.15, -0.1) is 0 Å². The third-order valence-corrected chi connectivity index (χ3v) is 3.20. The molecule has 0 N–H and O–H groups in total. The minimum Gasteiger partial charge on any atom is -0.180 e. The van der Waals surface area contributed by atoms with Gasteiger partial charge >= 0.3 is 0 Å². The molecule has 2 heteroatoms. The average Bonchev–Trinajstić information content (AvgIpc) is 2.30. The van der Waals surface area contributed by atoms with Crippen LogP contribution in [0.15, 0.2) is 54.7 Å². The third kappa shape index (κ3) is 1.96. The fraction of sp³-hybridized carbons (Fsp3) is 0.214. The summed E-state index contributed by atoms with van der Waals surface area (Å²) in [4.78, 5) is 0. The van der Waals surface area contributed by atoms with Crippen molar-refractivity contribution in [3.05, 3.63) is 65.4 Å². The molecule has 0 aliphatic heterocycles. The molecular weight excluding hydrogens is 218 g/mol. The fourth-order valence-electron chi connectivity index (χ4n) is 1.86.